The lowest BCUT2D eigenvalue weighted by Gasteiger charge is -2.23. The van der Waals surface area contributed by atoms with Crippen LogP contribution in [0.2, 0.25) is 0 Å². The van der Waals surface area contributed by atoms with E-state index in [4.69, 9.17) is 0 Å². The Bertz CT molecular complexity index is 494. The summed E-state index contributed by atoms with van der Waals surface area (Å²) >= 11 is 4.23. The van der Waals surface area contributed by atoms with Gasteiger partial charge in [0.25, 0.3) is 0 Å². The number of hydrogen-bond acceptors (Lipinski definition) is 5. The quantitative estimate of drug-likeness (QED) is 0.483. The van der Waals surface area contributed by atoms with E-state index in [1.54, 1.807) is 0 Å². The van der Waals surface area contributed by atoms with Crippen LogP contribution in [0.25, 0.3) is 0 Å². The zero-order valence-corrected chi connectivity index (χ0v) is 15.4. The van der Waals surface area contributed by atoms with Gasteiger partial charge < -0.3 is 10.6 Å². The molecular formula is C15H28N2O4S2. The normalized spacial score (nSPS) is 23.8. The Balaban J connectivity index is 2.52. The Morgan fingerprint density at radius 2 is 1.91 bits per heavy atom. The van der Waals surface area contributed by atoms with Gasteiger partial charge in [-0.15, -0.1) is 0 Å². The number of sulfone groups is 1. The van der Waals surface area contributed by atoms with Gasteiger partial charge in [-0.2, -0.15) is 12.6 Å². The van der Waals surface area contributed by atoms with Crippen molar-refractivity contribution in [3.05, 3.63) is 0 Å². The van der Waals surface area contributed by atoms with E-state index >= 15 is 0 Å². The van der Waals surface area contributed by atoms with E-state index in [2.05, 4.69) is 23.3 Å². The molecule has 1 saturated heterocycles. The third-order valence-corrected chi connectivity index (χ3v) is 5.48. The molecule has 1 fully saturated rings. The Hall–Kier alpha value is -0.760. The van der Waals surface area contributed by atoms with Gasteiger partial charge >= 0.3 is 0 Å². The number of thiol groups is 1. The van der Waals surface area contributed by atoms with Crippen molar-refractivity contribution >= 4 is 34.3 Å². The largest absolute Gasteiger partial charge is 0.354 e. The summed E-state index contributed by atoms with van der Waals surface area (Å²) in [4.78, 5) is 24.5. The lowest BCUT2D eigenvalue weighted by molar-refractivity contribution is -0.131. The van der Waals surface area contributed by atoms with Gasteiger partial charge in [-0.1, -0.05) is 25.7 Å². The van der Waals surface area contributed by atoms with Crippen molar-refractivity contribution < 1.29 is 18.0 Å². The number of carbonyl (C=O) groups excluding carboxylic acids is 2. The molecular weight excluding hydrogens is 336 g/mol. The van der Waals surface area contributed by atoms with Crippen molar-refractivity contribution in [2.75, 3.05) is 24.3 Å². The molecule has 8 heteroatoms. The van der Waals surface area contributed by atoms with Crippen LogP contribution in [-0.2, 0) is 19.4 Å². The van der Waals surface area contributed by atoms with E-state index < -0.39 is 15.9 Å². The van der Waals surface area contributed by atoms with Gasteiger partial charge in [0.15, 0.2) is 0 Å². The van der Waals surface area contributed by atoms with Gasteiger partial charge in [0, 0.05) is 24.5 Å². The molecule has 2 unspecified atom stereocenters. The first kappa shape index (κ1) is 20.3. The summed E-state index contributed by atoms with van der Waals surface area (Å²) in [6.07, 6.45) is 7.00. The van der Waals surface area contributed by atoms with Gasteiger partial charge in [-0.05, 0) is 19.3 Å². The minimum absolute atomic E-state index is 0.0477. The zero-order chi connectivity index (χ0) is 17.3. The monoisotopic (exact) mass is 364 g/mol. The van der Waals surface area contributed by atoms with Crippen LogP contribution in [0, 0.1) is 5.92 Å². The maximum atomic E-state index is 12.2. The van der Waals surface area contributed by atoms with Crippen LogP contribution >= 0.6 is 12.6 Å². The van der Waals surface area contributed by atoms with Gasteiger partial charge in [0.1, 0.15) is 15.9 Å². The highest BCUT2D eigenvalue weighted by molar-refractivity contribution is 7.90. The molecule has 1 heterocycles. The number of amides is 2. The minimum atomic E-state index is -3.02. The zero-order valence-electron chi connectivity index (χ0n) is 13.7. The van der Waals surface area contributed by atoms with Crippen molar-refractivity contribution in [1.29, 1.82) is 0 Å². The fourth-order valence-electron chi connectivity index (χ4n) is 2.63. The lowest BCUT2D eigenvalue weighted by Crippen LogP contribution is -2.49. The number of rotatable bonds is 6. The van der Waals surface area contributed by atoms with Crippen molar-refractivity contribution in [3.63, 3.8) is 0 Å². The smallest absolute Gasteiger partial charge is 0.242 e. The fourth-order valence-corrected chi connectivity index (χ4v) is 3.64. The van der Waals surface area contributed by atoms with E-state index in [1.165, 1.54) is 6.26 Å². The molecule has 0 aliphatic carbocycles. The molecule has 0 saturated carbocycles. The van der Waals surface area contributed by atoms with Crippen LogP contribution in [0.15, 0.2) is 0 Å². The molecule has 0 aromatic carbocycles. The van der Waals surface area contributed by atoms with Crippen LogP contribution in [0.1, 0.15) is 44.9 Å². The highest BCUT2D eigenvalue weighted by Gasteiger charge is 2.25. The Morgan fingerprint density at radius 1 is 1.26 bits per heavy atom. The van der Waals surface area contributed by atoms with Crippen molar-refractivity contribution in [2.24, 2.45) is 5.92 Å². The highest BCUT2D eigenvalue weighted by atomic mass is 32.2. The van der Waals surface area contributed by atoms with Crippen LogP contribution in [0.3, 0.4) is 0 Å². The molecule has 0 radical (unpaired) electrons. The number of hydrogen-bond donors (Lipinski definition) is 3. The summed E-state index contributed by atoms with van der Waals surface area (Å²) in [6.45, 7) is 0.300. The summed E-state index contributed by atoms with van der Waals surface area (Å²) in [6, 6.07) is -0.541. The van der Waals surface area contributed by atoms with E-state index in [-0.39, 0.29) is 23.5 Å². The summed E-state index contributed by atoms with van der Waals surface area (Å²) in [7, 11) is -3.02. The average molecular weight is 365 g/mol. The Kier molecular flexibility index (Phi) is 8.98. The summed E-state index contributed by atoms with van der Waals surface area (Å²) < 4.78 is 22.1. The predicted molar refractivity (Wildman–Crippen MR) is 94.3 cm³/mol. The van der Waals surface area contributed by atoms with Crippen molar-refractivity contribution in [3.8, 4) is 0 Å². The van der Waals surface area contributed by atoms with Crippen LogP contribution < -0.4 is 10.6 Å². The van der Waals surface area contributed by atoms with Gasteiger partial charge in [-0.25, -0.2) is 8.42 Å². The van der Waals surface area contributed by atoms with Crippen LogP contribution in [0.5, 0.6) is 0 Å². The highest BCUT2D eigenvalue weighted by Crippen LogP contribution is 2.17. The molecule has 23 heavy (non-hydrogen) atoms. The van der Waals surface area contributed by atoms with Crippen molar-refractivity contribution in [1.82, 2.24) is 10.6 Å². The molecule has 2 N–H and O–H groups in total. The minimum Gasteiger partial charge on any atom is -0.354 e. The third-order valence-electron chi connectivity index (χ3n) is 4.01. The number of carbonyl (C=O) groups is 2. The van der Waals surface area contributed by atoms with Crippen LogP contribution in [-0.4, -0.2) is 50.6 Å². The second-order valence-corrected chi connectivity index (χ2v) is 8.83. The summed E-state index contributed by atoms with van der Waals surface area (Å²) in [5.74, 6) is 0.0288. The maximum Gasteiger partial charge on any atom is 0.242 e. The van der Waals surface area contributed by atoms with E-state index in [0.29, 0.717) is 25.1 Å². The summed E-state index contributed by atoms with van der Waals surface area (Å²) in [5, 5.41) is 5.55. The van der Waals surface area contributed by atoms with Crippen LogP contribution in [0.4, 0.5) is 0 Å². The second-order valence-electron chi connectivity index (χ2n) is 6.21. The topological polar surface area (TPSA) is 92.3 Å². The maximum absolute atomic E-state index is 12.2. The molecule has 0 bridgehead atoms. The molecule has 2 amide bonds. The molecule has 6 nitrogen and oxygen atoms in total. The lowest BCUT2D eigenvalue weighted by atomic mass is 9.97. The average Bonchev–Trinajstić information content (AvgIpc) is 2.48. The molecule has 1 aliphatic rings. The summed E-state index contributed by atoms with van der Waals surface area (Å²) in [5.41, 5.74) is 0. The van der Waals surface area contributed by atoms with Crippen molar-refractivity contribution in [2.45, 2.75) is 51.0 Å². The molecule has 1 rings (SSSR count). The molecule has 134 valence electrons. The SMILES string of the molecule is CS(=O)(=O)CCCNC(=O)C1CCCCCCC(CS)C(=O)N1. The first-order valence-corrected chi connectivity index (χ1v) is 10.9. The standard InChI is InChI=1S/C15H28N2O4S2/c1-23(20,21)10-6-9-16-15(19)13-8-5-3-2-4-7-12(11-22)14(18)17-13/h12-13,22H,2-11H2,1H3,(H,16,19)(H,17,18). The first-order chi connectivity index (χ1) is 10.8. The van der Waals surface area contributed by atoms with Gasteiger partial charge in [-0.3, -0.25) is 9.59 Å². The first-order valence-electron chi connectivity index (χ1n) is 8.20. The number of nitrogens with one attached hydrogen (secondary N) is 2. The van der Waals surface area contributed by atoms with E-state index in [9.17, 15) is 18.0 Å². The molecule has 0 spiro atoms. The van der Waals surface area contributed by atoms with E-state index in [1.807, 2.05) is 0 Å². The Labute approximate surface area is 144 Å². The molecule has 0 aromatic rings. The molecule has 1 aliphatic heterocycles. The molecule has 0 aromatic heterocycles. The second kappa shape index (κ2) is 10.2. The Morgan fingerprint density at radius 3 is 2.52 bits per heavy atom. The van der Waals surface area contributed by atoms with Gasteiger partial charge in [0.2, 0.25) is 11.8 Å². The van der Waals surface area contributed by atoms with E-state index in [0.717, 1.165) is 32.1 Å². The fraction of sp³-hybridized carbons (Fsp3) is 0.867. The van der Waals surface area contributed by atoms with Gasteiger partial charge in [0.05, 0.1) is 5.75 Å². The predicted octanol–water partition coefficient (Wildman–Crippen LogP) is 0.922. The third kappa shape index (κ3) is 8.60. The molecule has 2 atom stereocenters.